The Labute approximate surface area is 198 Å². The van der Waals surface area contributed by atoms with Crippen molar-refractivity contribution >= 4 is 28.0 Å². The lowest BCUT2D eigenvalue weighted by Crippen LogP contribution is -2.50. The van der Waals surface area contributed by atoms with Gasteiger partial charge in [-0.15, -0.1) is 0 Å². The van der Waals surface area contributed by atoms with Gasteiger partial charge in [0.25, 0.3) is 5.91 Å². The van der Waals surface area contributed by atoms with Gasteiger partial charge in [0.05, 0.1) is 24.6 Å². The van der Waals surface area contributed by atoms with Gasteiger partial charge in [0, 0.05) is 43.2 Å². The molecule has 2 N–H and O–H groups in total. The number of piperidine rings is 1. The number of carbonyl (C=O) groups is 1. The fraction of sp³-hybridized carbons (Fsp3) is 0.462. The third kappa shape index (κ3) is 3.39. The van der Waals surface area contributed by atoms with E-state index < -0.39 is 0 Å². The van der Waals surface area contributed by atoms with Gasteiger partial charge in [-0.2, -0.15) is 0 Å². The Balaban J connectivity index is 1.46. The van der Waals surface area contributed by atoms with Crippen LogP contribution in [0.25, 0.3) is 33.7 Å². The molecule has 0 bridgehead atoms. The molecule has 3 aromatic heterocycles. The second kappa shape index (κ2) is 7.91. The average Bonchev–Trinajstić information content (AvgIpc) is 3.28. The molecule has 2 atom stereocenters. The van der Waals surface area contributed by atoms with E-state index >= 15 is 0 Å². The molecule has 8 nitrogen and oxygen atoms in total. The normalized spacial score (nSPS) is 21.0. The van der Waals surface area contributed by atoms with Crippen LogP contribution in [0.5, 0.6) is 5.75 Å². The standard InChI is InChI=1S/C26H31N5O3/c1-15-4-7-19(27)14-30(15)25(32)18-10-20-23(22(12-18)33-3)29(2)24(28-20)21-11-17-8-9-34-26(17)31(21)13-16-5-6-16/h8-12,15-16,19H,4-7,13-14,27H2,1-3H3/t15-,19+/m0/s1. The van der Waals surface area contributed by atoms with Crippen LogP contribution >= 0.6 is 0 Å². The first-order valence-corrected chi connectivity index (χ1v) is 12.1. The predicted molar refractivity (Wildman–Crippen MR) is 131 cm³/mol. The van der Waals surface area contributed by atoms with E-state index in [1.165, 1.54) is 12.8 Å². The van der Waals surface area contributed by atoms with Crippen LogP contribution in [-0.2, 0) is 13.6 Å². The molecule has 4 aromatic rings. The first kappa shape index (κ1) is 21.3. The average molecular weight is 462 g/mol. The minimum Gasteiger partial charge on any atom is -0.494 e. The molecule has 1 saturated carbocycles. The monoisotopic (exact) mass is 461 g/mol. The summed E-state index contributed by atoms with van der Waals surface area (Å²) in [6.07, 6.45) is 6.10. The second-order valence-electron chi connectivity index (χ2n) is 9.95. The minimum atomic E-state index is -0.0234. The molecule has 178 valence electrons. The number of benzene rings is 1. The number of fused-ring (bicyclic) bond motifs is 2. The molecule has 6 rings (SSSR count). The van der Waals surface area contributed by atoms with Gasteiger partial charge in [-0.05, 0) is 62.8 Å². The summed E-state index contributed by atoms with van der Waals surface area (Å²) in [7, 11) is 3.63. The van der Waals surface area contributed by atoms with Gasteiger partial charge in [-0.25, -0.2) is 4.98 Å². The van der Waals surface area contributed by atoms with E-state index in [2.05, 4.69) is 22.1 Å². The van der Waals surface area contributed by atoms with E-state index in [4.69, 9.17) is 19.9 Å². The van der Waals surface area contributed by atoms with Crippen LogP contribution < -0.4 is 10.5 Å². The van der Waals surface area contributed by atoms with Gasteiger partial charge in [0.2, 0.25) is 5.71 Å². The fourth-order valence-electron chi connectivity index (χ4n) is 5.30. The predicted octanol–water partition coefficient (Wildman–Crippen LogP) is 4.16. The molecule has 0 unspecified atom stereocenters. The van der Waals surface area contributed by atoms with Crippen molar-refractivity contribution in [1.82, 2.24) is 19.0 Å². The summed E-state index contributed by atoms with van der Waals surface area (Å²) in [5.41, 5.74) is 10.3. The Kier molecular flexibility index (Phi) is 4.95. The van der Waals surface area contributed by atoms with E-state index in [0.717, 1.165) is 53.0 Å². The van der Waals surface area contributed by atoms with Crippen LogP contribution in [0.4, 0.5) is 0 Å². The highest BCUT2D eigenvalue weighted by atomic mass is 16.5. The Morgan fingerprint density at radius 1 is 1.24 bits per heavy atom. The van der Waals surface area contributed by atoms with E-state index in [0.29, 0.717) is 23.8 Å². The number of aryl methyl sites for hydroxylation is 1. The molecular weight excluding hydrogens is 430 g/mol. The summed E-state index contributed by atoms with van der Waals surface area (Å²) in [4.78, 5) is 20.3. The number of carbonyl (C=O) groups excluding carboxylic acids is 1. The number of nitrogens with two attached hydrogens (primary N) is 1. The number of nitrogens with zero attached hydrogens (tertiary/aromatic N) is 4. The molecule has 0 radical (unpaired) electrons. The van der Waals surface area contributed by atoms with Crippen LogP contribution in [0.3, 0.4) is 0 Å². The molecule has 2 fully saturated rings. The van der Waals surface area contributed by atoms with Crippen molar-refractivity contribution in [3.63, 3.8) is 0 Å². The number of methoxy groups -OCH3 is 1. The van der Waals surface area contributed by atoms with Crippen LogP contribution in [0, 0.1) is 5.92 Å². The fourth-order valence-corrected chi connectivity index (χ4v) is 5.30. The molecule has 1 aliphatic heterocycles. The summed E-state index contributed by atoms with van der Waals surface area (Å²) in [5, 5.41) is 1.07. The Morgan fingerprint density at radius 3 is 2.82 bits per heavy atom. The maximum absolute atomic E-state index is 13.5. The maximum Gasteiger partial charge on any atom is 0.254 e. The zero-order valence-electron chi connectivity index (χ0n) is 20.0. The van der Waals surface area contributed by atoms with Crippen molar-refractivity contribution in [3.8, 4) is 17.3 Å². The summed E-state index contributed by atoms with van der Waals surface area (Å²) in [6.45, 7) is 3.58. The quantitative estimate of drug-likeness (QED) is 0.482. The minimum absolute atomic E-state index is 0.0182. The van der Waals surface area contributed by atoms with Crippen LogP contribution in [0.1, 0.15) is 43.0 Å². The highest BCUT2D eigenvalue weighted by Gasteiger charge is 2.30. The first-order chi connectivity index (χ1) is 16.4. The molecule has 8 heteroatoms. The largest absolute Gasteiger partial charge is 0.494 e. The second-order valence-corrected chi connectivity index (χ2v) is 9.95. The van der Waals surface area contributed by atoms with Gasteiger partial charge in [-0.1, -0.05) is 0 Å². The van der Waals surface area contributed by atoms with E-state index in [9.17, 15) is 4.79 Å². The lowest BCUT2D eigenvalue weighted by Gasteiger charge is -2.36. The SMILES string of the molecule is COc1cc(C(=O)N2C[C@H](N)CC[C@@H]2C)cc2nc(-c3cc4ccoc4n3CC3CC3)n(C)c12. The number of amides is 1. The molecule has 0 spiro atoms. The molecule has 1 saturated heterocycles. The van der Waals surface area contributed by atoms with Gasteiger partial charge >= 0.3 is 0 Å². The van der Waals surface area contributed by atoms with Crippen LogP contribution in [-0.4, -0.2) is 50.7 Å². The molecule has 1 aromatic carbocycles. The van der Waals surface area contributed by atoms with Gasteiger partial charge < -0.3 is 28.9 Å². The zero-order chi connectivity index (χ0) is 23.6. The zero-order valence-corrected chi connectivity index (χ0v) is 20.0. The van der Waals surface area contributed by atoms with E-state index in [1.54, 1.807) is 13.4 Å². The van der Waals surface area contributed by atoms with Crippen molar-refractivity contribution in [2.45, 2.75) is 51.2 Å². The number of imidazole rings is 1. The van der Waals surface area contributed by atoms with Crippen molar-refractivity contribution in [2.75, 3.05) is 13.7 Å². The van der Waals surface area contributed by atoms with Gasteiger partial charge in [0.1, 0.15) is 11.3 Å². The van der Waals surface area contributed by atoms with Crippen LogP contribution in [0.2, 0.25) is 0 Å². The molecular formula is C26H31N5O3. The number of likely N-dealkylation sites (tertiary alicyclic amines) is 1. The first-order valence-electron chi connectivity index (χ1n) is 12.1. The molecule has 34 heavy (non-hydrogen) atoms. The smallest absolute Gasteiger partial charge is 0.254 e. The van der Waals surface area contributed by atoms with Crippen molar-refractivity contribution < 1.29 is 13.9 Å². The summed E-state index contributed by atoms with van der Waals surface area (Å²) in [5.74, 6) is 2.13. The number of ether oxygens (including phenoxy) is 1. The van der Waals surface area contributed by atoms with E-state index in [1.807, 2.05) is 30.1 Å². The summed E-state index contributed by atoms with van der Waals surface area (Å²) >= 11 is 0. The Hall–Kier alpha value is -3.26. The molecule has 2 aliphatic rings. The number of rotatable bonds is 5. The summed E-state index contributed by atoms with van der Waals surface area (Å²) < 4.78 is 15.9. The molecule has 1 aliphatic carbocycles. The number of hydrogen-bond donors (Lipinski definition) is 1. The molecule has 4 heterocycles. The number of hydrogen-bond acceptors (Lipinski definition) is 5. The van der Waals surface area contributed by atoms with Gasteiger partial charge in [0.15, 0.2) is 5.82 Å². The summed E-state index contributed by atoms with van der Waals surface area (Å²) in [6, 6.07) is 8.02. The topological polar surface area (TPSA) is 91.5 Å². The van der Waals surface area contributed by atoms with Crippen molar-refractivity contribution in [2.24, 2.45) is 18.7 Å². The van der Waals surface area contributed by atoms with Crippen LogP contribution in [0.15, 0.2) is 34.9 Å². The highest BCUT2D eigenvalue weighted by molar-refractivity contribution is 6.00. The third-order valence-corrected chi connectivity index (χ3v) is 7.45. The highest BCUT2D eigenvalue weighted by Crippen LogP contribution is 2.38. The van der Waals surface area contributed by atoms with Gasteiger partial charge in [-0.3, -0.25) is 4.79 Å². The van der Waals surface area contributed by atoms with E-state index in [-0.39, 0.29) is 18.0 Å². The number of aromatic nitrogens is 3. The maximum atomic E-state index is 13.5. The lowest BCUT2D eigenvalue weighted by atomic mass is 9.99. The molecule has 1 amide bonds. The Bertz CT molecular complexity index is 1390. The third-order valence-electron chi connectivity index (χ3n) is 7.45. The Morgan fingerprint density at radius 2 is 2.06 bits per heavy atom. The lowest BCUT2D eigenvalue weighted by molar-refractivity contribution is 0.0612. The van der Waals surface area contributed by atoms with Crippen molar-refractivity contribution in [1.29, 1.82) is 0 Å². The van der Waals surface area contributed by atoms with Crippen molar-refractivity contribution in [3.05, 3.63) is 36.1 Å². The number of furan rings is 1.